The Balaban J connectivity index is 0.00000176. The van der Waals surface area contributed by atoms with E-state index in [2.05, 4.69) is 17.1 Å². The monoisotopic (exact) mass is 342 g/mol. The van der Waals surface area contributed by atoms with Crippen molar-refractivity contribution in [3.63, 3.8) is 0 Å². The summed E-state index contributed by atoms with van der Waals surface area (Å²) >= 11 is 6.33. The molecule has 1 N–H and O–H groups in total. The molecule has 3 rings (SSSR count). The van der Waals surface area contributed by atoms with Crippen LogP contribution in [0, 0.1) is 5.92 Å². The number of nitrogens with zero attached hydrogens (tertiary/aromatic N) is 1. The zero-order chi connectivity index (χ0) is 14.8. The minimum atomic E-state index is 0. The standard InChI is InChI=1S/C17H23ClN2O.ClH/c1-12(15-6-2-3-7-16(15)18)20(14-8-9-14)17(21)13-5-4-10-19-11-13;/h2-3,6-7,12-14,19H,4-5,8-11H2,1H3;1H. The molecule has 0 bridgehead atoms. The molecular weight excluding hydrogens is 319 g/mol. The van der Waals surface area contributed by atoms with Crippen LogP contribution in [0.15, 0.2) is 24.3 Å². The molecule has 122 valence electrons. The lowest BCUT2D eigenvalue weighted by Gasteiger charge is -2.34. The topological polar surface area (TPSA) is 32.3 Å². The summed E-state index contributed by atoms with van der Waals surface area (Å²) in [6.45, 7) is 3.96. The molecule has 0 aromatic heterocycles. The van der Waals surface area contributed by atoms with Gasteiger partial charge in [-0.05, 0) is 50.8 Å². The van der Waals surface area contributed by atoms with Crippen LogP contribution < -0.4 is 5.32 Å². The molecule has 1 aliphatic carbocycles. The first-order valence-electron chi connectivity index (χ1n) is 7.96. The van der Waals surface area contributed by atoms with E-state index in [0.29, 0.717) is 11.9 Å². The van der Waals surface area contributed by atoms with E-state index < -0.39 is 0 Å². The van der Waals surface area contributed by atoms with Crippen molar-refractivity contribution in [3.05, 3.63) is 34.9 Å². The minimum Gasteiger partial charge on any atom is -0.333 e. The number of carbonyl (C=O) groups is 1. The summed E-state index contributed by atoms with van der Waals surface area (Å²) in [5.74, 6) is 0.432. The predicted octanol–water partition coefficient (Wildman–Crippen LogP) is 3.81. The summed E-state index contributed by atoms with van der Waals surface area (Å²) in [4.78, 5) is 15.0. The molecule has 2 fully saturated rings. The van der Waals surface area contributed by atoms with E-state index in [4.69, 9.17) is 11.6 Å². The Labute approximate surface area is 143 Å². The molecule has 1 aromatic rings. The van der Waals surface area contributed by atoms with E-state index in [1.54, 1.807) is 0 Å². The third-order valence-electron chi connectivity index (χ3n) is 4.61. The largest absolute Gasteiger partial charge is 0.333 e. The van der Waals surface area contributed by atoms with Gasteiger partial charge in [-0.3, -0.25) is 4.79 Å². The van der Waals surface area contributed by atoms with Crippen molar-refractivity contribution in [2.45, 2.75) is 44.7 Å². The van der Waals surface area contributed by atoms with Crippen LogP contribution in [-0.2, 0) is 4.79 Å². The SMILES string of the molecule is CC(c1ccccc1Cl)N(C(=O)C1CCCNC1)C1CC1.Cl. The molecule has 1 heterocycles. The lowest BCUT2D eigenvalue weighted by molar-refractivity contribution is -0.139. The Morgan fingerprint density at radius 2 is 2.05 bits per heavy atom. The smallest absolute Gasteiger partial charge is 0.227 e. The van der Waals surface area contributed by atoms with Crippen molar-refractivity contribution >= 4 is 29.9 Å². The molecule has 0 radical (unpaired) electrons. The van der Waals surface area contributed by atoms with Gasteiger partial charge in [0.2, 0.25) is 5.91 Å². The third kappa shape index (κ3) is 3.76. The fourth-order valence-corrected chi connectivity index (χ4v) is 3.57. The summed E-state index contributed by atoms with van der Waals surface area (Å²) in [7, 11) is 0. The summed E-state index contributed by atoms with van der Waals surface area (Å²) in [6, 6.07) is 8.34. The van der Waals surface area contributed by atoms with E-state index in [-0.39, 0.29) is 24.4 Å². The Hall–Kier alpha value is -0.770. The Morgan fingerprint density at radius 1 is 1.32 bits per heavy atom. The molecule has 1 amide bonds. The van der Waals surface area contributed by atoms with Gasteiger partial charge in [0.05, 0.1) is 12.0 Å². The minimum absolute atomic E-state index is 0. The number of carbonyl (C=O) groups excluding carboxylic acids is 1. The maximum atomic E-state index is 12.9. The van der Waals surface area contributed by atoms with Crippen molar-refractivity contribution in [1.82, 2.24) is 10.2 Å². The number of hydrogen-bond acceptors (Lipinski definition) is 2. The van der Waals surface area contributed by atoms with Gasteiger partial charge in [0.15, 0.2) is 0 Å². The van der Waals surface area contributed by atoms with Crippen LogP contribution in [0.4, 0.5) is 0 Å². The third-order valence-corrected chi connectivity index (χ3v) is 4.96. The van der Waals surface area contributed by atoms with Gasteiger partial charge >= 0.3 is 0 Å². The summed E-state index contributed by atoms with van der Waals surface area (Å²) < 4.78 is 0. The van der Waals surface area contributed by atoms with Crippen LogP contribution >= 0.6 is 24.0 Å². The Bertz CT molecular complexity index is 513. The quantitative estimate of drug-likeness (QED) is 0.902. The highest BCUT2D eigenvalue weighted by atomic mass is 35.5. The zero-order valence-corrected chi connectivity index (χ0v) is 14.5. The maximum Gasteiger partial charge on any atom is 0.227 e. The van der Waals surface area contributed by atoms with Crippen LogP contribution in [0.2, 0.25) is 5.02 Å². The zero-order valence-electron chi connectivity index (χ0n) is 12.9. The summed E-state index contributed by atoms with van der Waals surface area (Å²) in [5.41, 5.74) is 1.06. The van der Waals surface area contributed by atoms with Gasteiger partial charge in [-0.25, -0.2) is 0 Å². The first-order chi connectivity index (χ1) is 10.2. The van der Waals surface area contributed by atoms with E-state index in [9.17, 15) is 4.79 Å². The van der Waals surface area contributed by atoms with Gasteiger partial charge in [0.1, 0.15) is 0 Å². The highest BCUT2D eigenvalue weighted by Gasteiger charge is 2.39. The fourth-order valence-electron chi connectivity index (χ4n) is 3.28. The molecule has 1 aliphatic heterocycles. The van der Waals surface area contributed by atoms with Crippen LogP contribution in [0.1, 0.15) is 44.2 Å². The van der Waals surface area contributed by atoms with Gasteiger partial charge in [-0.2, -0.15) is 0 Å². The molecule has 2 unspecified atom stereocenters. The van der Waals surface area contributed by atoms with Crippen LogP contribution in [0.25, 0.3) is 0 Å². The van der Waals surface area contributed by atoms with Gasteiger partial charge in [-0.1, -0.05) is 29.8 Å². The second-order valence-electron chi connectivity index (χ2n) is 6.22. The molecule has 22 heavy (non-hydrogen) atoms. The lowest BCUT2D eigenvalue weighted by Crippen LogP contribution is -2.45. The molecule has 0 spiro atoms. The average Bonchev–Trinajstić information content (AvgIpc) is 3.33. The first-order valence-corrected chi connectivity index (χ1v) is 8.33. The van der Waals surface area contributed by atoms with E-state index in [1.807, 2.05) is 24.3 Å². The highest BCUT2D eigenvalue weighted by molar-refractivity contribution is 6.31. The number of benzene rings is 1. The number of halogens is 2. The molecule has 3 nitrogen and oxygen atoms in total. The molecule has 2 atom stereocenters. The van der Waals surface area contributed by atoms with E-state index in [0.717, 1.165) is 49.4 Å². The fraction of sp³-hybridized carbons (Fsp3) is 0.588. The van der Waals surface area contributed by atoms with Gasteiger partial charge in [0, 0.05) is 17.6 Å². The number of amides is 1. The summed E-state index contributed by atoms with van der Waals surface area (Å²) in [5, 5.41) is 4.10. The number of hydrogen-bond donors (Lipinski definition) is 1. The molecule has 2 aliphatic rings. The molecule has 1 saturated heterocycles. The first kappa shape index (κ1) is 17.6. The van der Waals surface area contributed by atoms with Crippen LogP contribution in [-0.4, -0.2) is 29.9 Å². The predicted molar refractivity (Wildman–Crippen MR) is 92.6 cm³/mol. The molecule has 1 aromatic carbocycles. The van der Waals surface area contributed by atoms with Crippen molar-refractivity contribution in [2.24, 2.45) is 5.92 Å². The van der Waals surface area contributed by atoms with Crippen molar-refractivity contribution in [2.75, 3.05) is 13.1 Å². The number of nitrogens with one attached hydrogen (secondary N) is 1. The molecule has 1 saturated carbocycles. The Morgan fingerprint density at radius 3 is 2.64 bits per heavy atom. The van der Waals surface area contributed by atoms with Crippen molar-refractivity contribution in [3.8, 4) is 0 Å². The van der Waals surface area contributed by atoms with Crippen molar-refractivity contribution in [1.29, 1.82) is 0 Å². The molecular formula is C17H24Cl2N2O. The second kappa shape index (κ2) is 7.67. The normalized spacial score (nSPS) is 22.5. The van der Waals surface area contributed by atoms with Gasteiger partial charge in [-0.15, -0.1) is 12.4 Å². The number of piperidine rings is 1. The van der Waals surface area contributed by atoms with E-state index >= 15 is 0 Å². The maximum absolute atomic E-state index is 12.9. The lowest BCUT2D eigenvalue weighted by atomic mass is 9.96. The molecule has 5 heteroatoms. The Kier molecular flexibility index (Phi) is 6.13. The van der Waals surface area contributed by atoms with Gasteiger partial charge in [0.25, 0.3) is 0 Å². The second-order valence-corrected chi connectivity index (χ2v) is 6.62. The van der Waals surface area contributed by atoms with Gasteiger partial charge < -0.3 is 10.2 Å². The van der Waals surface area contributed by atoms with Crippen LogP contribution in [0.3, 0.4) is 0 Å². The highest BCUT2D eigenvalue weighted by Crippen LogP contribution is 2.38. The number of rotatable bonds is 4. The van der Waals surface area contributed by atoms with E-state index in [1.165, 1.54) is 0 Å². The average molecular weight is 343 g/mol. The van der Waals surface area contributed by atoms with Crippen LogP contribution in [0.5, 0.6) is 0 Å². The van der Waals surface area contributed by atoms with Crippen molar-refractivity contribution < 1.29 is 4.79 Å². The summed E-state index contributed by atoms with van der Waals surface area (Å²) in [6.07, 6.45) is 4.35.